The molecule has 1 atom stereocenters. The number of nitrogens with one attached hydrogen (secondary N) is 1. The molecule has 0 saturated carbocycles. The van der Waals surface area contributed by atoms with Gasteiger partial charge in [0.15, 0.2) is 0 Å². The molecule has 3 rings (SSSR count). The number of anilines is 1. The van der Waals surface area contributed by atoms with Crippen LogP contribution in [-0.4, -0.2) is 67.6 Å². The number of carbonyl (C=O) groups is 2. The van der Waals surface area contributed by atoms with E-state index in [0.29, 0.717) is 19.5 Å². The Balaban J connectivity index is 1.49. The second-order valence-electron chi connectivity index (χ2n) is 8.51. The van der Waals surface area contributed by atoms with E-state index in [1.54, 1.807) is 0 Å². The number of benzene rings is 1. The smallest absolute Gasteiger partial charge is 0.229 e. The van der Waals surface area contributed by atoms with Crippen molar-refractivity contribution in [2.45, 2.75) is 32.6 Å². The van der Waals surface area contributed by atoms with Crippen molar-refractivity contribution in [1.29, 1.82) is 0 Å². The number of hydrogen-bond donors (Lipinski definition) is 1. The molecule has 148 valence electrons. The third-order valence-electron chi connectivity index (χ3n) is 5.39. The van der Waals surface area contributed by atoms with Crippen LogP contribution >= 0.6 is 0 Å². The third kappa shape index (κ3) is 5.30. The summed E-state index contributed by atoms with van der Waals surface area (Å²) in [6, 6.07) is 7.96. The number of carbonyl (C=O) groups excluding carboxylic acids is 2. The summed E-state index contributed by atoms with van der Waals surface area (Å²) in [7, 11) is 0. The fourth-order valence-electron chi connectivity index (χ4n) is 3.55. The molecule has 0 spiro atoms. The Morgan fingerprint density at radius 2 is 1.81 bits per heavy atom. The monoisotopic (exact) mass is 373 g/mol. The lowest BCUT2D eigenvalue weighted by Crippen LogP contribution is -2.42. The van der Waals surface area contributed by atoms with Crippen molar-refractivity contribution in [1.82, 2.24) is 9.80 Å². The minimum atomic E-state index is -0.274. The van der Waals surface area contributed by atoms with Crippen LogP contribution in [0.4, 0.5) is 5.69 Å². The molecule has 2 fully saturated rings. The van der Waals surface area contributed by atoms with Crippen LogP contribution in [0, 0.1) is 5.92 Å². The van der Waals surface area contributed by atoms with Crippen molar-refractivity contribution in [2.75, 3.05) is 51.3 Å². The van der Waals surface area contributed by atoms with Crippen LogP contribution in [0.1, 0.15) is 32.8 Å². The molecule has 6 nitrogen and oxygen atoms in total. The van der Waals surface area contributed by atoms with Crippen molar-refractivity contribution in [3.05, 3.63) is 29.8 Å². The maximum Gasteiger partial charge on any atom is 0.229 e. The van der Waals surface area contributed by atoms with E-state index < -0.39 is 0 Å². The zero-order valence-corrected chi connectivity index (χ0v) is 16.7. The van der Waals surface area contributed by atoms with Gasteiger partial charge in [-0.1, -0.05) is 32.9 Å². The molecule has 0 bridgehead atoms. The van der Waals surface area contributed by atoms with E-state index in [-0.39, 0.29) is 23.1 Å². The Morgan fingerprint density at radius 3 is 2.44 bits per heavy atom. The van der Waals surface area contributed by atoms with Crippen molar-refractivity contribution >= 4 is 17.5 Å². The first kappa shape index (κ1) is 19.8. The summed E-state index contributed by atoms with van der Waals surface area (Å²) in [6.07, 6.45) is 0.301. The number of nitrogens with zero attached hydrogens (tertiary/aromatic N) is 2. The molecule has 1 N–H and O–H groups in total. The van der Waals surface area contributed by atoms with Gasteiger partial charge in [0.2, 0.25) is 11.8 Å². The summed E-state index contributed by atoms with van der Waals surface area (Å²) in [6.45, 7) is 11.9. The van der Waals surface area contributed by atoms with E-state index in [4.69, 9.17) is 4.74 Å². The SMILES string of the molecule is CC(C)(C)c1ccc(NC(=O)C2CC(=O)N(CCN3CCOCC3)C2)cc1. The average molecular weight is 373 g/mol. The van der Waals surface area contributed by atoms with Crippen LogP contribution in [-0.2, 0) is 19.7 Å². The van der Waals surface area contributed by atoms with Crippen molar-refractivity contribution in [2.24, 2.45) is 5.92 Å². The van der Waals surface area contributed by atoms with Gasteiger partial charge in [0.25, 0.3) is 0 Å². The van der Waals surface area contributed by atoms with Gasteiger partial charge < -0.3 is 15.0 Å². The Bertz CT molecular complexity index is 660. The average Bonchev–Trinajstić information content (AvgIpc) is 3.01. The Hall–Kier alpha value is -1.92. The van der Waals surface area contributed by atoms with Gasteiger partial charge >= 0.3 is 0 Å². The minimum absolute atomic E-state index is 0.0688. The standard InChI is InChI=1S/C21H31N3O3/c1-21(2,3)17-4-6-18(7-5-17)22-20(26)16-14-19(25)24(15-16)9-8-23-10-12-27-13-11-23/h4-7,16H,8-15H2,1-3H3,(H,22,26). The highest BCUT2D eigenvalue weighted by Crippen LogP contribution is 2.24. The van der Waals surface area contributed by atoms with Gasteiger partial charge in [-0.3, -0.25) is 14.5 Å². The fraction of sp³-hybridized carbons (Fsp3) is 0.619. The van der Waals surface area contributed by atoms with Crippen LogP contribution in [0.25, 0.3) is 0 Å². The predicted molar refractivity (Wildman–Crippen MR) is 106 cm³/mol. The largest absolute Gasteiger partial charge is 0.379 e. The molecule has 2 saturated heterocycles. The van der Waals surface area contributed by atoms with Gasteiger partial charge in [-0.2, -0.15) is 0 Å². The lowest BCUT2D eigenvalue weighted by molar-refractivity contribution is -0.128. The van der Waals surface area contributed by atoms with Gasteiger partial charge in [0.1, 0.15) is 0 Å². The molecule has 2 aliphatic rings. The Morgan fingerprint density at radius 1 is 1.15 bits per heavy atom. The Kier molecular flexibility index (Phi) is 6.17. The zero-order valence-electron chi connectivity index (χ0n) is 16.7. The summed E-state index contributed by atoms with van der Waals surface area (Å²) in [5.41, 5.74) is 2.10. The molecule has 27 heavy (non-hydrogen) atoms. The number of rotatable bonds is 5. The van der Waals surface area contributed by atoms with E-state index in [2.05, 4.69) is 31.0 Å². The highest BCUT2D eigenvalue weighted by atomic mass is 16.5. The van der Waals surface area contributed by atoms with E-state index in [0.717, 1.165) is 38.5 Å². The molecule has 0 aliphatic carbocycles. The first-order valence-corrected chi connectivity index (χ1v) is 9.82. The van der Waals surface area contributed by atoms with Crippen LogP contribution in [0.5, 0.6) is 0 Å². The second kappa shape index (κ2) is 8.40. The van der Waals surface area contributed by atoms with Gasteiger partial charge in [-0.25, -0.2) is 0 Å². The fourth-order valence-corrected chi connectivity index (χ4v) is 3.55. The first-order valence-electron chi connectivity index (χ1n) is 9.82. The quantitative estimate of drug-likeness (QED) is 0.859. The molecule has 0 aromatic heterocycles. The van der Waals surface area contributed by atoms with Crippen molar-refractivity contribution in [3.8, 4) is 0 Å². The van der Waals surface area contributed by atoms with Crippen molar-refractivity contribution < 1.29 is 14.3 Å². The van der Waals surface area contributed by atoms with Crippen LogP contribution < -0.4 is 5.32 Å². The van der Waals surface area contributed by atoms with Crippen LogP contribution in [0.15, 0.2) is 24.3 Å². The van der Waals surface area contributed by atoms with E-state index >= 15 is 0 Å². The van der Waals surface area contributed by atoms with Gasteiger partial charge in [-0.05, 0) is 23.1 Å². The van der Waals surface area contributed by atoms with E-state index in [1.807, 2.05) is 29.2 Å². The molecule has 2 amide bonds. The summed E-state index contributed by atoms with van der Waals surface area (Å²) in [5.74, 6) is -0.267. The van der Waals surface area contributed by atoms with Crippen LogP contribution in [0.2, 0.25) is 0 Å². The molecule has 2 heterocycles. The normalized spacial score (nSPS) is 21.5. The lowest BCUT2D eigenvalue weighted by atomic mass is 9.87. The topological polar surface area (TPSA) is 61.9 Å². The number of ether oxygens (including phenoxy) is 1. The molecular weight excluding hydrogens is 342 g/mol. The molecule has 1 aromatic rings. The third-order valence-corrected chi connectivity index (χ3v) is 5.39. The van der Waals surface area contributed by atoms with E-state index in [1.165, 1.54) is 5.56 Å². The summed E-state index contributed by atoms with van der Waals surface area (Å²) >= 11 is 0. The molecular formula is C21H31N3O3. The summed E-state index contributed by atoms with van der Waals surface area (Å²) in [4.78, 5) is 29.0. The first-order chi connectivity index (χ1) is 12.8. The van der Waals surface area contributed by atoms with Gasteiger partial charge in [0, 0.05) is 44.8 Å². The van der Waals surface area contributed by atoms with Crippen LogP contribution in [0.3, 0.4) is 0 Å². The number of amides is 2. The predicted octanol–water partition coefficient (Wildman–Crippen LogP) is 2.10. The number of hydrogen-bond acceptors (Lipinski definition) is 4. The number of morpholine rings is 1. The minimum Gasteiger partial charge on any atom is -0.379 e. The number of likely N-dealkylation sites (tertiary alicyclic amines) is 1. The van der Waals surface area contributed by atoms with Gasteiger partial charge in [-0.15, -0.1) is 0 Å². The highest BCUT2D eigenvalue weighted by molar-refractivity contribution is 5.97. The van der Waals surface area contributed by atoms with E-state index in [9.17, 15) is 9.59 Å². The molecule has 2 aliphatic heterocycles. The second-order valence-corrected chi connectivity index (χ2v) is 8.51. The van der Waals surface area contributed by atoms with Gasteiger partial charge in [0.05, 0.1) is 19.1 Å². The molecule has 0 radical (unpaired) electrons. The summed E-state index contributed by atoms with van der Waals surface area (Å²) < 4.78 is 5.35. The highest BCUT2D eigenvalue weighted by Gasteiger charge is 2.34. The lowest BCUT2D eigenvalue weighted by Gasteiger charge is -2.28. The Labute approximate surface area is 161 Å². The molecule has 1 aromatic carbocycles. The molecule has 1 unspecified atom stereocenters. The zero-order chi connectivity index (χ0) is 19.4. The maximum absolute atomic E-state index is 12.6. The maximum atomic E-state index is 12.6. The van der Waals surface area contributed by atoms with Crippen molar-refractivity contribution in [3.63, 3.8) is 0 Å². The molecule has 6 heteroatoms. The summed E-state index contributed by atoms with van der Waals surface area (Å²) in [5, 5.41) is 2.96.